The summed E-state index contributed by atoms with van der Waals surface area (Å²) in [5.74, 6) is 1.91. The van der Waals surface area contributed by atoms with Crippen molar-refractivity contribution in [1.29, 1.82) is 0 Å². The largest absolute Gasteiger partial charge is 0.460 e. The Bertz CT molecular complexity index is 999. The lowest BCUT2D eigenvalue weighted by atomic mass is 10.3. The summed E-state index contributed by atoms with van der Waals surface area (Å²) >= 11 is 1.51. The van der Waals surface area contributed by atoms with Gasteiger partial charge in [0.05, 0.1) is 11.4 Å². The van der Waals surface area contributed by atoms with Gasteiger partial charge in [-0.3, -0.25) is 9.89 Å². The second kappa shape index (κ2) is 6.36. The first-order chi connectivity index (χ1) is 12.2. The maximum absolute atomic E-state index is 12.2. The van der Waals surface area contributed by atoms with E-state index in [-0.39, 0.29) is 18.1 Å². The van der Waals surface area contributed by atoms with E-state index in [0.717, 1.165) is 10.6 Å². The van der Waals surface area contributed by atoms with E-state index >= 15 is 0 Å². The smallest absolute Gasteiger partial charge is 0.272 e. The molecule has 4 aromatic heterocycles. The van der Waals surface area contributed by atoms with Crippen molar-refractivity contribution in [1.82, 2.24) is 25.7 Å². The minimum absolute atomic E-state index is 0.149. The van der Waals surface area contributed by atoms with Crippen LogP contribution in [0, 0.1) is 6.92 Å². The van der Waals surface area contributed by atoms with E-state index in [9.17, 15) is 4.79 Å². The number of aryl methyl sites for hydroxylation is 1. The van der Waals surface area contributed by atoms with Gasteiger partial charge in [-0.2, -0.15) is 10.1 Å². The second-order valence-corrected chi connectivity index (χ2v) is 6.20. The molecule has 4 rings (SSSR count). The average molecular weight is 355 g/mol. The number of nitrogens with zero attached hydrogens (tertiary/aromatic N) is 3. The molecule has 8 nitrogen and oxygen atoms in total. The van der Waals surface area contributed by atoms with Gasteiger partial charge in [0.25, 0.3) is 11.8 Å². The van der Waals surface area contributed by atoms with Gasteiger partial charge in [-0.1, -0.05) is 11.2 Å². The van der Waals surface area contributed by atoms with Crippen molar-refractivity contribution in [2.24, 2.45) is 0 Å². The molecule has 126 valence electrons. The van der Waals surface area contributed by atoms with Crippen LogP contribution in [0.3, 0.4) is 0 Å². The SMILES string of the molecule is Cc1ccc(-c2cc(C(=O)NCc3noc(-c4cccs4)n3)n[nH]2)o1. The monoisotopic (exact) mass is 355 g/mol. The van der Waals surface area contributed by atoms with Crippen molar-refractivity contribution in [3.8, 4) is 22.2 Å². The summed E-state index contributed by atoms with van der Waals surface area (Å²) in [6, 6.07) is 9.08. The van der Waals surface area contributed by atoms with Gasteiger partial charge in [-0.15, -0.1) is 11.3 Å². The van der Waals surface area contributed by atoms with Crippen LogP contribution in [0.1, 0.15) is 22.1 Å². The number of aromatic nitrogens is 4. The summed E-state index contributed by atoms with van der Waals surface area (Å²) in [4.78, 5) is 17.3. The summed E-state index contributed by atoms with van der Waals surface area (Å²) < 4.78 is 10.7. The van der Waals surface area contributed by atoms with Crippen molar-refractivity contribution >= 4 is 17.2 Å². The lowest BCUT2D eigenvalue weighted by molar-refractivity contribution is 0.0944. The number of hydrogen-bond acceptors (Lipinski definition) is 7. The Hall–Kier alpha value is -3.20. The van der Waals surface area contributed by atoms with Crippen LogP contribution in [-0.2, 0) is 6.54 Å². The van der Waals surface area contributed by atoms with Crippen LogP contribution in [0.25, 0.3) is 22.2 Å². The zero-order valence-electron chi connectivity index (χ0n) is 13.1. The molecule has 0 bridgehead atoms. The van der Waals surface area contributed by atoms with Crippen LogP contribution in [0.4, 0.5) is 0 Å². The highest BCUT2D eigenvalue weighted by atomic mass is 32.1. The fraction of sp³-hybridized carbons (Fsp3) is 0.125. The summed E-state index contributed by atoms with van der Waals surface area (Å²) in [5, 5.41) is 15.3. The minimum Gasteiger partial charge on any atom is -0.460 e. The van der Waals surface area contributed by atoms with E-state index in [1.54, 1.807) is 6.07 Å². The number of aromatic amines is 1. The van der Waals surface area contributed by atoms with Crippen molar-refractivity contribution in [2.45, 2.75) is 13.5 Å². The third-order valence-corrected chi connectivity index (χ3v) is 4.28. The minimum atomic E-state index is -0.340. The second-order valence-electron chi connectivity index (χ2n) is 5.25. The first kappa shape index (κ1) is 15.3. The van der Waals surface area contributed by atoms with E-state index in [2.05, 4.69) is 25.7 Å². The molecule has 0 saturated heterocycles. The van der Waals surface area contributed by atoms with E-state index in [1.807, 2.05) is 36.6 Å². The van der Waals surface area contributed by atoms with Crippen LogP contribution in [0.5, 0.6) is 0 Å². The molecule has 0 unspecified atom stereocenters. The Kier molecular flexibility index (Phi) is 3.90. The highest BCUT2D eigenvalue weighted by Gasteiger charge is 2.15. The van der Waals surface area contributed by atoms with Crippen LogP contribution < -0.4 is 5.32 Å². The van der Waals surface area contributed by atoms with Gasteiger partial charge in [0.1, 0.15) is 11.5 Å². The molecule has 0 aliphatic heterocycles. The molecule has 0 atom stereocenters. The van der Waals surface area contributed by atoms with Gasteiger partial charge >= 0.3 is 0 Å². The van der Waals surface area contributed by atoms with Crippen molar-refractivity contribution < 1.29 is 13.7 Å². The van der Waals surface area contributed by atoms with E-state index in [4.69, 9.17) is 8.94 Å². The predicted octanol–water partition coefficient (Wildman–Crippen LogP) is 3.02. The number of rotatable bonds is 5. The van der Waals surface area contributed by atoms with E-state index in [1.165, 1.54) is 11.3 Å². The Morgan fingerprint density at radius 3 is 3.04 bits per heavy atom. The topological polar surface area (TPSA) is 110 Å². The van der Waals surface area contributed by atoms with Crippen LogP contribution in [0.15, 0.2) is 44.7 Å². The molecule has 0 spiro atoms. The number of hydrogen-bond donors (Lipinski definition) is 2. The van der Waals surface area contributed by atoms with Gasteiger partial charge < -0.3 is 14.3 Å². The van der Waals surface area contributed by atoms with Crippen LogP contribution in [0.2, 0.25) is 0 Å². The number of carbonyl (C=O) groups is 1. The molecule has 0 aliphatic carbocycles. The molecule has 0 fully saturated rings. The zero-order chi connectivity index (χ0) is 17.2. The molecule has 0 saturated carbocycles. The van der Waals surface area contributed by atoms with Gasteiger partial charge in [0.2, 0.25) is 0 Å². The van der Waals surface area contributed by atoms with Gasteiger partial charge in [0.15, 0.2) is 17.3 Å². The van der Waals surface area contributed by atoms with Gasteiger partial charge in [-0.25, -0.2) is 0 Å². The highest BCUT2D eigenvalue weighted by molar-refractivity contribution is 7.13. The lowest BCUT2D eigenvalue weighted by Gasteiger charge is -1.97. The average Bonchev–Trinajstić information content (AvgIpc) is 3.38. The Labute approximate surface area is 145 Å². The van der Waals surface area contributed by atoms with Gasteiger partial charge in [-0.05, 0) is 30.5 Å². The molecule has 25 heavy (non-hydrogen) atoms. The van der Waals surface area contributed by atoms with Crippen molar-refractivity contribution in [3.05, 3.63) is 53.0 Å². The number of nitrogens with one attached hydrogen (secondary N) is 2. The Balaban J connectivity index is 1.40. The van der Waals surface area contributed by atoms with Gasteiger partial charge in [0, 0.05) is 6.07 Å². The van der Waals surface area contributed by atoms with Crippen molar-refractivity contribution in [3.63, 3.8) is 0 Å². The zero-order valence-corrected chi connectivity index (χ0v) is 14.0. The van der Waals surface area contributed by atoms with Crippen molar-refractivity contribution in [2.75, 3.05) is 0 Å². The third-order valence-electron chi connectivity index (χ3n) is 3.42. The number of thiophene rings is 1. The third kappa shape index (κ3) is 3.22. The standard InChI is InChI=1S/C16H13N5O3S/c1-9-4-5-12(23-9)10-7-11(20-19-10)15(22)17-8-14-18-16(24-21-14)13-3-2-6-25-13/h2-7H,8H2,1H3,(H,17,22)(H,19,20). The number of furan rings is 1. The molecule has 9 heteroatoms. The molecule has 0 aromatic carbocycles. The molecular formula is C16H13N5O3S. The number of H-pyrrole nitrogens is 1. The molecule has 0 aliphatic rings. The summed E-state index contributed by atoms with van der Waals surface area (Å²) in [5.41, 5.74) is 0.892. The maximum Gasteiger partial charge on any atom is 0.272 e. The molecule has 2 N–H and O–H groups in total. The summed E-state index contributed by atoms with van der Waals surface area (Å²) in [7, 11) is 0. The molecule has 4 aromatic rings. The molecule has 0 radical (unpaired) electrons. The molecule has 1 amide bonds. The quantitative estimate of drug-likeness (QED) is 0.569. The van der Waals surface area contributed by atoms with E-state index in [0.29, 0.717) is 23.2 Å². The fourth-order valence-corrected chi connectivity index (χ4v) is 2.86. The number of amides is 1. The Morgan fingerprint density at radius 1 is 1.36 bits per heavy atom. The fourth-order valence-electron chi connectivity index (χ4n) is 2.22. The lowest BCUT2D eigenvalue weighted by Crippen LogP contribution is -2.23. The first-order valence-corrected chi connectivity index (χ1v) is 8.34. The van der Waals surface area contributed by atoms with E-state index < -0.39 is 0 Å². The molecule has 4 heterocycles. The Morgan fingerprint density at radius 2 is 2.28 bits per heavy atom. The van der Waals surface area contributed by atoms with Crippen LogP contribution >= 0.6 is 11.3 Å². The highest BCUT2D eigenvalue weighted by Crippen LogP contribution is 2.22. The number of carbonyl (C=O) groups excluding carboxylic acids is 1. The maximum atomic E-state index is 12.2. The predicted molar refractivity (Wildman–Crippen MR) is 89.8 cm³/mol. The van der Waals surface area contributed by atoms with Crippen LogP contribution in [-0.4, -0.2) is 26.2 Å². The summed E-state index contributed by atoms with van der Waals surface area (Å²) in [6.07, 6.45) is 0. The first-order valence-electron chi connectivity index (χ1n) is 7.46. The normalized spacial score (nSPS) is 10.9. The summed E-state index contributed by atoms with van der Waals surface area (Å²) in [6.45, 7) is 2.00. The molecular weight excluding hydrogens is 342 g/mol.